The zero-order valence-electron chi connectivity index (χ0n) is 13.0. The Balaban J connectivity index is 1.93. The van der Waals surface area contributed by atoms with Crippen LogP contribution in [0, 0.1) is 5.82 Å². The predicted molar refractivity (Wildman–Crippen MR) is 98.3 cm³/mol. The van der Waals surface area contributed by atoms with Crippen molar-refractivity contribution in [3.63, 3.8) is 0 Å². The van der Waals surface area contributed by atoms with Crippen molar-refractivity contribution in [2.24, 2.45) is 0 Å². The third-order valence-corrected chi connectivity index (χ3v) is 5.23. The topological polar surface area (TPSA) is 42.0 Å². The molecule has 1 heterocycles. The van der Waals surface area contributed by atoms with Gasteiger partial charge in [0.1, 0.15) is 16.5 Å². The smallest absolute Gasteiger partial charge is 0.256 e. The molecular formula is C18H15FN2OS2. The molecular weight excluding hydrogens is 343 g/mol. The lowest BCUT2D eigenvalue weighted by atomic mass is 10.1. The molecule has 0 bridgehead atoms. The van der Waals surface area contributed by atoms with E-state index in [1.165, 1.54) is 29.5 Å². The van der Waals surface area contributed by atoms with Gasteiger partial charge in [-0.3, -0.25) is 4.79 Å². The van der Waals surface area contributed by atoms with Crippen LogP contribution in [0.3, 0.4) is 0 Å². The molecule has 0 fully saturated rings. The number of rotatable bonds is 5. The molecule has 0 aliphatic carbocycles. The molecule has 0 atom stereocenters. The first-order chi connectivity index (χ1) is 11.7. The fourth-order valence-electron chi connectivity index (χ4n) is 2.17. The lowest BCUT2D eigenvalue weighted by Crippen LogP contribution is -2.11. The highest BCUT2D eigenvalue weighted by molar-refractivity contribution is 8.01. The fourth-order valence-corrected chi connectivity index (χ4v) is 4.12. The standard InChI is InChI=1S/C18H15FN2OS2/c1-2-23-18-20-15(12-7-4-3-5-8-12)17(24-18)21-16(22)13-9-6-10-14(19)11-13/h3-11H,2H2,1H3,(H,21,22). The van der Waals surface area contributed by atoms with E-state index in [9.17, 15) is 9.18 Å². The van der Waals surface area contributed by atoms with E-state index in [1.807, 2.05) is 30.3 Å². The number of hydrogen-bond donors (Lipinski definition) is 1. The number of anilines is 1. The second-order valence-electron chi connectivity index (χ2n) is 4.92. The molecule has 1 amide bonds. The summed E-state index contributed by atoms with van der Waals surface area (Å²) in [7, 11) is 0. The van der Waals surface area contributed by atoms with Crippen molar-refractivity contribution in [2.45, 2.75) is 11.3 Å². The molecule has 0 saturated heterocycles. The first kappa shape index (κ1) is 16.7. The number of nitrogens with zero attached hydrogens (tertiary/aromatic N) is 1. The van der Waals surface area contributed by atoms with Crippen molar-refractivity contribution >= 4 is 34.0 Å². The molecule has 1 aromatic heterocycles. The molecule has 2 aromatic carbocycles. The van der Waals surface area contributed by atoms with E-state index in [0.717, 1.165) is 21.3 Å². The summed E-state index contributed by atoms with van der Waals surface area (Å²) in [5.74, 6) is 0.125. The maximum atomic E-state index is 13.3. The van der Waals surface area contributed by atoms with Gasteiger partial charge >= 0.3 is 0 Å². The Kier molecular flexibility index (Phi) is 5.27. The Morgan fingerprint density at radius 3 is 2.71 bits per heavy atom. The first-order valence-electron chi connectivity index (χ1n) is 7.43. The molecule has 0 saturated carbocycles. The van der Waals surface area contributed by atoms with Gasteiger partial charge < -0.3 is 5.32 Å². The molecule has 1 N–H and O–H groups in total. The second-order valence-corrected chi connectivity index (χ2v) is 7.43. The number of carbonyl (C=O) groups is 1. The molecule has 3 nitrogen and oxygen atoms in total. The second kappa shape index (κ2) is 7.59. The number of halogens is 1. The number of amides is 1. The maximum absolute atomic E-state index is 13.3. The van der Waals surface area contributed by atoms with E-state index >= 15 is 0 Å². The number of benzene rings is 2. The monoisotopic (exact) mass is 358 g/mol. The summed E-state index contributed by atoms with van der Waals surface area (Å²) in [5, 5.41) is 3.54. The summed E-state index contributed by atoms with van der Waals surface area (Å²) in [6.07, 6.45) is 0. The van der Waals surface area contributed by atoms with E-state index in [1.54, 1.807) is 17.8 Å². The Morgan fingerprint density at radius 1 is 1.21 bits per heavy atom. The summed E-state index contributed by atoms with van der Waals surface area (Å²) in [4.78, 5) is 17.0. The largest absolute Gasteiger partial charge is 0.312 e. The van der Waals surface area contributed by atoms with Crippen LogP contribution in [0.2, 0.25) is 0 Å². The van der Waals surface area contributed by atoms with Crippen LogP contribution in [0.25, 0.3) is 11.3 Å². The molecule has 3 aromatic rings. The highest BCUT2D eigenvalue weighted by Crippen LogP contribution is 2.37. The molecule has 0 aliphatic rings. The third kappa shape index (κ3) is 3.83. The van der Waals surface area contributed by atoms with Crippen molar-refractivity contribution < 1.29 is 9.18 Å². The Labute approximate surface area is 148 Å². The summed E-state index contributed by atoms with van der Waals surface area (Å²) < 4.78 is 14.2. The van der Waals surface area contributed by atoms with Crippen LogP contribution in [-0.2, 0) is 0 Å². The van der Waals surface area contributed by atoms with Crippen LogP contribution >= 0.6 is 23.1 Å². The van der Waals surface area contributed by atoms with Gasteiger partial charge in [-0.2, -0.15) is 0 Å². The van der Waals surface area contributed by atoms with Crippen LogP contribution in [-0.4, -0.2) is 16.6 Å². The van der Waals surface area contributed by atoms with E-state index in [4.69, 9.17) is 0 Å². The van der Waals surface area contributed by atoms with Gasteiger partial charge in [0.25, 0.3) is 5.91 Å². The fraction of sp³-hybridized carbons (Fsp3) is 0.111. The minimum absolute atomic E-state index is 0.284. The normalized spacial score (nSPS) is 10.6. The minimum Gasteiger partial charge on any atom is -0.312 e. The van der Waals surface area contributed by atoms with Crippen molar-refractivity contribution in [2.75, 3.05) is 11.1 Å². The van der Waals surface area contributed by atoms with Gasteiger partial charge in [-0.1, -0.05) is 66.4 Å². The minimum atomic E-state index is -0.433. The zero-order valence-corrected chi connectivity index (χ0v) is 14.6. The van der Waals surface area contributed by atoms with Crippen LogP contribution in [0.1, 0.15) is 17.3 Å². The van der Waals surface area contributed by atoms with Crippen LogP contribution in [0.4, 0.5) is 9.39 Å². The number of nitrogens with one attached hydrogen (secondary N) is 1. The SMILES string of the molecule is CCSc1nc(-c2ccccc2)c(NC(=O)c2cccc(F)c2)s1. The number of hydrogen-bond acceptors (Lipinski definition) is 4. The van der Waals surface area contributed by atoms with Gasteiger partial charge in [0.2, 0.25) is 0 Å². The van der Waals surface area contributed by atoms with E-state index < -0.39 is 5.82 Å². The molecule has 6 heteroatoms. The van der Waals surface area contributed by atoms with Crippen molar-refractivity contribution in [3.8, 4) is 11.3 Å². The highest BCUT2D eigenvalue weighted by Gasteiger charge is 2.16. The van der Waals surface area contributed by atoms with Crippen LogP contribution in [0.5, 0.6) is 0 Å². The molecule has 0 aliphatic heterocycles. The maximum Gasteiger partial charge on any atom is 0.256 e. The van der Waals surface area contributed by atoms with Crippen LogP contribution in [0.15, 0.2) is 58.9 Å². The van der Waals surface area contributed by atoms with Gasteiger partial charge in [-0.05, 0) is 24.0 Å². The van der Waals surface area contributed by atoms with Gasteiger partial charge in [0, 0.05) is 11.1 Å². The van der Waals surface area contributed by atoms with E-state index in [0.29, 0.717) is 5.00 Å². The lowest BCUT2D eigenvalue weighted by Gasteiger charge is -2.05. The van der Waals surface area contributed by atoms with Gasteiger partial charge in [-0.15, -0.1) is 0 Å². The first-order valence-corrected chi connectivity index (χ1v) is 9.23. The molecule has 0 unspecified atom stereocenters. The average molecular weight is 358 g/mol. The summed E-state index contributed by atoms with van der Waals surface area (Å²) in [6.45, 7) is 2.05. The van der Waals surface area contributed by atoms with Crippen molar-refractivity contribution in [1.29, 1.82) is 0 Å². The number of carbonyl (C=O) groups excluding carboxylic acids is 1. The molecule has 0 spiro atoms. The summed E-state index contributed by atoms with van der Waals surface area (Å²) in [5.41, 5.74) is 1.96. The summed E-state index contributed by atoms with van der Waals surface area (Å²) in [6, 6.07) is 15.3. The van der Waals surface area contributed by atoms with Crippen LogP contribution < -0.4 is 5.32 Å². The highest BCUT2D eigenvalue weighted by atomic mass is 32.2. The lowest BCUT2D eigenvalue weighted by molar-refractivity contribution is 0.102. The Hall–Kier alpha value is -2.18. The van der Waals surface area contributed by atoms with Crippen molar-refractivity contribution in [1.82, 2.24) is 4.98 Å². The van der Waals surface area contributed by atoms with Gasteiger partial charge in [-0.25, -0.2) is 9.37 Å². The molecule has 122 valence electrons. The van der Waals surface area contributed by atoms with E-state index in [-0.39, 0.29) is 11.5 Å². The zero-order chi connectivity index (χ0) is 16.9. The number of thiazole rings is 1. The van der Waals surface area contributed by atoms with Gasteiger partial charge in [0.05, 0.1) is 0 Å². The van der Waals surface area contributed by atoms with Gasteiger partial charge in [0.15, 0.2) is 4.34 Å². The quantitative estimate of drug-likeness (QED) is 0.628. The molecule has 3 rings (SSSR count). The third-order valence-electron chi connectivity index (χ3n) is 3.24. The molecule has 24 heavy (non-hydrogen) atoms. The Bertz CT molecular complexity index is 849. The summed E-state index contributed by atoms with van der Waals surface area (Å²) >= 11 is 3.06. The Morgan fingerprint density at radius 2 is 2.00 bits per heavy atom. The predicted octanol–water partition coefficient (Wildman–Crippen LogP) is 5.31. The molecule has 0 radical (unpaired) electrons. The number of aromatic nitrogens is 1. The number of thioether (sulfide) groups is 1. The van der Waals surface area contributed by atoms with E-state index in [2.05, 4.69) is 17.2 Å². The van der Waals surface area contributed by atoms with Crippen molar-refractivity contribution in [3.05, 3.63) is 66.0 Å². The average Bonchev–Trinajstić information content (AvgIpc) is 2.98.